The number of amides is 6. The number of hydrogen-bond acceptors (Lipinski definition) is 8. The monoisotopic (exact) mass is 459 g/mol. The number of rotatable bonds is 15. The van der Waals surface area contributed by atoms with Crippen LogP contribution in [0.1, 0.15) is 39.0 Å². The van der Waals surface area contributed by atoms with Gasteiger partial charge in [-0.3, -0.25) is 28.8 Å². The van der Waals surface area contributed by atoms with E-state index < -0.39 is 72.0 Å². The lowest BCUT2D eigenvalue weighted by molar-refractivity contribution is -0.142. The van der Waals surface area contributed by atoms with Crippen molar-refractivity contribution in [2.75, 3.05) is 0 Å². The molecule has 0 saturated carbocycles. The molecule has 0 aliphatic heterocycles. The topological polar surface area (TPSA) is 280 Å². The molecule has 0 radical (unpaired) electrons. The molecule has 0 aromatic carbocycles. The lowest BCUT2D eigenvalue weighted by atomic mass is 10.1. The van der Waals surface area contributed by atoms with Crippen molar-refractivity contribution in [3.63, 3.8) is 0 Å². The molecule has 4 unspecified atom stereocenters. The van der Waals surface area contributed by atoms with Crippen LogP contribution in [-0.4, -0.2) is 70.7 Å². The summed E-state index contributed by atoms with van der Waals surface area (Å²) in [5.41, 5.74) is 20.6. The third-order valence-electron chi connectivity index (χ3n) is 4.12. The molecular formula is C17H29N7O8. The number of nitrogens with one attached hydrogen (secondary N) is 3. The summed E-state index contributed by atoms with van der Waals surface area (Å²) in [7, 11) is 0. The van der Waals surface area contributed by atoms with E-state index in [0.29, 0.717) is 0 Å². The molecule has 0 rings (SSSR count). The van der Waals surface area contributed by atoms with Crippen molar-refractivity contribution in [3.05, 3.63) is 0 Å². The predicted octanol–water partition coefficient (Wildman–Crippen LogP) is -4.72. The van der Waals surface area contributed by atoms with Gasteiger partial charge in [0.15, 0.2) is 0 Å². The van der Waals surface area contributed by atoms with Crippen molar-refractivity contribution < 1.29 is 38.7 Å². The first kappa shape index (κ1) is 28.2. The molecule has 0 aliphatic rings. The van der Waals surface area contributed by atoms with Gasteiger partial charge in [-0.2, -0.15) is 0 Å². The van der Waals surface area contributed by atoms with E-state index in [1.165, 1.54) is 6.92 Å². The van der Waals surface area contributed by atoms with Gasteiger partial charge in [0.25, 0.3) is 0 Å². The van der Waals surface area contributed by atoms with Crippen LogP contribution in [0.2, 0.25) is 0 Å². The highest BCUT2D eigenvalue weighted by atomic mass is 16.4. The highest BCUT2D eigenvalue weighted by molar-refractivity contribution is 5.96. The molecule has 0 saturated heterocycles. The summed E-state index contributed by atoms with van der Waals surface area (Å²) >= 11 is 0. The molecule has 32 heavy (non-hydrogen) atoms. The number of hydrogen-bond donors (Lipinski definition) is 8. The zero-order chi connectivity index (χ0) is 25.0. The number of carboxylic acid groups (broad SMARTS) is 1. The van der Waals surface area contributed by atoms with E-state index in [9.17, 15) is 33.6 Å². The van der Waals surface area contributed by atoms with Gasteiger partial charge in [-0.25, -0.2) is 4.79 Å². The van der Waals surface area contributed by atoms with Crippen molar-refractivity contribution >= 4 is 41.4 Å². The Morgan fingerprint density at radius 3 is 1.69 bits per heavy atom. The molecule has 6 amide bonds. The second kappa shape index (κ2) is 13.5. The Morgan fingerprint density at radius 2 is 1.22 bits per heavy atom. The molecule has 0 aromatic rings. The van der Waals surface area contributed by atoms with Gasteiger partial charge in [-0.1, -0.05) is 0 Å². The SMILES string of the molecule is CC(NC(=O)C(N)CCC(N)=O)C(=O)NC(CC(N)=O)C(=O)NC(CCC(N)=O)C(=O)O. The fourth-order valence-corrected chi connectivity index (χ4v) is 2.34. The molecule has 0 fully saturated rings. The number of carbonyl (C=O) groups excluding carboxylic acids is 6. The molecule has 0 spiro atoms. The molecule has 0 aromatic heterocycles. The maximum Gasteiger partial charge on any atom is 0.326 e. The Kier molecular flexibility index (Phi) is 11.9. The van der Waals surface area contributed by atoms with Crippen molar-refractivity contribution in [2.45, 2.75) is 63.2 Å². The number of primary amides is 3. The van der Waals surface area contributed by atoms with Crippen molar-refractivity contribution in [3.8, 4) is 0 Å². The Morgan fingerprint density at radius 1 is 0.719 bits per heavy atom. The lowest BCUT2D eigenvalue weighted by Crippen LogP contribution is -2.57. The highest BCUT2D eigenvalue weighted by Crippen LogP contribution is 2.02. The minimum absolute atomic E-state index is 0.0515. The zero-order valence-corrected chi connectivity index (χ0v) is 17.5. The first-order valence-corrected chi connectivity index (χ1v) is 9.49. The summed E-state index contributed by atoms with van der Waals surface area (Å²) in [6.07, 6.45) is -1.51. The van der Waals surface area contributed by atoms with Crippen LogP contribution in [0, 0.1) is 0 Å². The fourth-order valence-electron chi connectivity index (χ4n) is 2.34. The average Bonchev–Trinajstić information content (AvgIpc) is 2.67. The van der Waals surface area contributed by atoms with Gasteiger partial charge < -0.3 is 44.0 Å². The summed E-state index contributed by atoms with van der Waals surface area (Å²) in [6, 6.07) is -5.40. The zero-order valence-electron chi connectivity index (χ0n) is 17.5. The van der Waals surface area contributed by atoms with Crippen molar-refractivity contribution in [2.24, 2.45) is 22.9 Å². The van der Waals surface area contributed by atoms with Crippen LogP contribution in [-0.2, 0) is 33.6 Å². The average molecular weight is 459 g/mol. The van der Waals surface area contributed by atoms with Gasteiger partial charge in [-0.05, 0) is 19.8 Å². The third kappa shape index (κ3) is 11.4. The van der Waals surface area contributed by atoms with Gasteiger partial charge in [-0.15, -0.1) is 0 Å². The van der Waals surface area contributed by atoms with Crippen LogP contribution in [0.15, 0.2) is 0 Å². The molecule has 0 heterocycles. The largest absolute Gasteiger partial charge is 0.480 e. The van der Waals surface area contributed by atoms with Gasteiger partial charge >= 0.3 is 5.97 Å². The maximum absolute atomic E-state index is 12.4. The van der Waals surface area contributed by atoms with Gasteiger partial charge in [0.1, 0.15) is 18.1 Å². The second-order valence-corrected chi connectivity index (χ2v) is 6.98. The quantitative estimate of drug-likeness (QED) is 0.116. The first-order chi connectivity index (χ1) is 14.7. The van der Waals surface area contributed by atoms with Crippen LogP contribution >= 0.6 is 0 Å². The Labute approximate surface area is 183 Å². The van der Waals surface area contributed by atoms with Crippen molar-refractivity contribution in [1.29, 1.82) is 0 Å². The molecule has 4 atom stereocenters. The number of aliphatic carboxylic acids is 1. The Bertz CT molecular complexity index is 757. The van der Waals surface area contributed by atoms with Crippen LogP contribution in [0.5, 0.6) is 0 Å². The predicted molar refractivity (Wildman–Crippen MR) is 108 cm³/mol. The minimum Gasteiger partial charge on any atom is -0.480 e. The lowest BCUT2D eigenvalue weighted by Gasteiger charge is -2.23. The van der Waals surface area contributed by atoms with E-state index in [-0.39, 0.29) is 25.7 Å². The summed E-state index contributed by atoms with van der Waals surface area (Å²) in [5, 5.41) is 15.7. The first-order valence-electron chi connectivity index (χ1n) is 9.49. The van der Waals surface area contributed by atoms with Crippen LogP contribution < -0.4 is 38.9 Å². The fraction of sp³-hybridized carbons (Fsp3) is 0.588. The van der Waals surface area contributed by atoms with E-state index >= 15 is 0 Å². The smallest absolute Gasteiger partial charge is 0.326 e. The van der Waals surface area contributed by atoms with Crippen LogP contribution in [0.25, 0.3) is 0 Å². The number of carbonyl (C=O) groups is 7. The summed E-state index contributed by atoms with van der Waals surface area (Å²) in [5.74, 6) is -6.59. The highest BCUT2D eigenvalue weighted by Gasteiger charge is 2.30. The van der Waals surface area contributed by atoms with Gasteiger partial charge in [0, 0.05) is 12.8 Å². The van der Waals surface area contributed by atoms with Crippen LogP contribution in [0.4, 0.5) is 0 Å². The molecule has 180 valence electrons. The molecule has 0 bridgehead atoms. The van der Waals surface area contributed by atoms with E-state index in [4.69, 9.17) is 28.0 Å². The Hall–Kier alpha value is -3.75. The van der Waals surface area contributed by atoms with Gasteiger partial charge in [0.05, 0.1) is 12.5 Å². The van der Waals surface area contributed by atoms with Crippen molar-refractivity contribution in [1.82, 2.24) is 16.0 Å². The van der Waals surface area contributed by atoms with E-state index in [2.05, 4.69) is 16.0 Å². The maximum atomic E-state index is 12.4. The molecule has 12 N–H and O–H groups in total. The Balaban J connectivity index is 5.10. The van der Waals surface area contributed by atoms with E-state index in [1.54, 1.807) is 0 Å². The number of nitrogens with two attached hydrogens (primary N) is 4. The summed E-state index contributed by atoms with van der Waals surface area (Å²) in [6.45, 7) is 1.26. The summed E-state index contributed by atoms with van der Waals surface area (Å²) in [4.78, 5) is 80.9. The normalized spacial score (nSPS) is 14.2. The summed E-state index contributed by atoms with van der Waals surface area (Å²) < 4.78 is 0. The molecule has 0 aliphatic carbocycles. The van der Waals surface area contributed by atoms with Gasteiger partial charge in [0.2, 0.25) is 35.4 Å². The third-order valence-corrected chi connectivity index (χ3v) is 4.12. The standard InChI is InChI=1S/C17H29N7O8/c1-7(22-15(29)8(18)2-4-11(19)25)14(28)24-10(6-13(21)27)16(30)23-9(17(31)32)3-5-12(20)26/h7-10H,2-6,18H2,1H3,(H2,19,25)(H2,20,26)(H2,21,27)(H,22,29)(H,23,30)(H,24,28)(H,31,32). The second-order valence-electron chi connectivity index (χ2n) is 6.98. The number of carboxylic acids is 1. The van der Waals surface area contributed by atoms with Crippen LogP contribution in [0.3, 0.4) is 0 Å². The molecule has 15 nitrogen and oxygen atoms in total. The molecular weight excluding hydrogens is 430 g/mol. The van der Waals surface area contributed by atoms with E-state index in [0.717, 1.165) is 0 Å². The molecule has 15 heteroatoms. The minimum atomic E-state index is -1.56. The van der Waals surface area contributed by atoms with E-state index in [1.807, 2.05) is 0 Å².